The molecule has 81 valence electrons. The van der Waals surface area contributed by atoms with Crippen molar-refractivity contribution in [3.63, 3.8) is 0 Å². The molecule has 2 nitrogen and oxygen atoms in total. The van der Waals surface area contributed by atoms with Gasteiger partial charge in [0.1, 0.15) is 0 Å². The molecule has 2 rings (SSSR count). The van der Waals surface area contributed by atoms with Gasteiger partial charge in [0.25, 0.3) is 0 Å². The van der Waals surface area contributed by atoms with Crippen molar-refractivity contribution >= 4 is 0 Å². The van der Waals surface area contributed by atoms with Crippen molar-refractivity contribution in [1.29, 1.82) is 0 Å². The number of rotatable bonds is 2. The van der Waals surface area contributed by atoms with E-state index in [1.165, 1.54) is 5.56 Å². The largest absolute Gasteiger partial charge is 0.393 e. The summed E-state index contributed by atoms with van der Waals surface area (Å²) in [7, 11) is 0. The molecule has 0 bridgehead atoms. The van der Waals surface area contributed by atoms with Gasteiger partial charge in [0, 0.05) is 19.6 Å². The van der Waals surface area contributed by atoms with E-state index in [-0.39, 0.29) is 12.0 Å². The van der Waals surface area contributed by atoms with E-state index in [4.69, 9.17) is 0 Å². The van der Waals surface area contributed by atoms with E-state index < -0.39 is 0 Å². The topological polar surface area (TPSA) is 23.5 Å². The van der Waals surface area contributed by atoms with Crippen LogP contribution in [-0.2, 0) is 6.54 Å². The molecule has 1 aromatic rings. The summed E-state index contributed by atoms with van der Waals surface area (Å²) in [6, 6.07) is 10.4. The first-order valence-corrected chi connectivity index (χ1v) is 5.53. The molecule has 1 saturated heterocycles. The van der Waals surface area contributed by atoms with Crippen molar-refractivity contribution in [2.24, 2.45) is 5.92 Å². The number of hydrogen-bond acceptors (Lipinski definition) is 2. The van der Waals surface area contributed by atoms with Gasteiger partial charge in [0.05, 0.1) is 6.10 Å². The monoisotopic (exact) mass is 204 g/mol. The first-order valence-electron chi connectivity index (χ1n) is 5.53. The summed E-state index contributed by atoms with van der Waals surface area (Å²) < 4.78 is 0. The maximum atomic E-state index is 9.57. The molecule has 0 spiro atoms. The van der Waals surface area contributed by atoms with Gasteiger partial charge in [0.2, 0.25) is 0 Å². The molecule has 1 aliphatic rings. The Hall–Kier alpha value is -0.860. The van der Waals surface area contributed by atoms with Gasteiger partial charge in [-0.2, -0.15) is 0 Å². The molecule has 1 radical (unpaired) electrons. The molecule has 0 saturated carbocycles. The Morgan fingerprint density at radius 3 is 2.73 bits per heavy atom. The molecular formula is C13H18NO. The van der Waals surface area contributed by atoms with Crippen LogP contribution in [0.15, 0.2) is 30.3 Å². The number of nitrogens with zero attached hydrogens (tertiary/aromatic N) is 1. The number of likely N-dealkylation sites (tertiary alicyclic amines) is 1. The second kappa shape index (κ2) is 4.77. The van der Waals surface area contributed by atoms with E-state index in [9.17, 15) is 5.11 Å². The van der Waals surface area contributed by atoms with E-state index in [0.717, 1.165) is 26.1 Å². The number of benzene rings is 1. The Morgan fingerprint density at radius 1 is 1.33 bits per heavy atom. The van der Waals surface area contributed by atoms with Crippen LogP contribution in [0.5, 0.6) is 0 Å². The fourth-order valence-corrected chi connectivity index (χ4v) is 2.08. The van der Waals surface area contributed by atoms with Crippen LogP contribution in [0, 0.1) is 12.8 Å². The Balaban J connectivity index is 1.91. The lowest BCUT2D eigenvalue weighted by atomic mass is 9.96. The summed E-state index contributed by atoms with van der Waals surface area (Å²) in [5.41, 5.74) is 1.33. The summed E-state index contributed by atoms with van der Waals surface area (Å²) in [5.74, 6) is 0.155. The summed E-state index contributed by atoms with van der Waals surface area (Å²) in [5, 5.41) is 9.57. The third kappa shape index (κ3) is 2.80. The smallest absolute Gasteiger partial charge is 0.0592 e. The Bertz CT molecular complexity index is 299. The van der Waals surface area contributed by atoms with Crippen molar-refractivity contribution < 1.29 is 5.11 Å². The fourth-order valence-electron chi connectivity index (χ4n) is 2.08. The van der Waals surface area contributed by atoms with Crippen molar-refractivity contribution in [1.82, 2.24) is 4.90 Å². The molecule has 2 heteroatoms. The molecule has 1 fully saturated rings. The van der Waals surface area contributed by atoms with Crippen LogP contribution in [0.4, 0.5) is 0 Å². The standard InChI is InChI=1S/C13H18NO/c1-11-9-14(8-7-13(11)15)10-12-5-3-2-4-6-12/h2-6,11,13,15H,1,7-10H2. The fraction of sp³-hybridized carbons (Fsp3) is 0.462. The van der Waals surface area contributed by atoms with E-state index in [1.807, 2.05) is 6.07 Å². The summed E-state index contributed by atoms with van der Waals surface area (Å²) in [4.78, 5) is 2.36. The average molecular weight is 204 g/mol. The third-order valence-electron chi connectivity index (χ3n) is 3.03. The first kappa shape index (κ1) is 10.7. The minimum atomic E-state index is -0.211. The van der Waals surface area contributed by atoms with Gasteiger partial charge in [-0.1, -0.05) is 30.3 Å². The molecular weight excluding hydrogens is 186 g/mol. The van der Waals surface area contributed by atoms with E-state index in [0.29, 0.717) is 0 Å². The second-order valence-electron chi connectivity index (χ2n) is 4.34. The predicted molar refractivity (Wildman–Crippen MR) is 61.2 cm³/mol. The molecule has 1 aromatic carbocycles. The minimum Gasteiger partial charge on any atom is -0.393 e. The highest BCUT2D eigenvalue weighted by Crippen LogP contribution is 2.18. The van der Waals surface area contributed by atoms with Gasteiger partial charge in [-0.15, -0.1) is 0 Å². The van der Waals surface area contributed by atoms with Crippen LogP contribution in [0.2, 0.25) is 0 Å². The highest BCUT2D eigenvalue weighted by Gasteiger charge is 2.23. The van der Waals surface area contributed by atoms with Gasteiger partial charge in [-0.05, 0) is 24.8 Å². The lowest BCUT2D eigenvalue weighted by molar-refractivity contribution is 0.0429. The van der Waals surface area contributed by atoms with Gasteiger partial charge >= 0.3 is 0 Å². The van der Waals surface area contributed by atoms with Crippen LogP contribution in [0.25, 0.3) is 0 Å². The molecule has 2 atom stereocenters. The highest BCUT2D eigenvalue weighted by molar-refractivity contribution is 5.14. The molecule has 0 aromatic heterocycles. The Labute approximate surface area is 91.5 Å². The van der Waals surface area contributed by atoms with Crippen LogP contribution in [0.3, 0.4) is 0 Å². The quantitative estimate of drug-likeness (QED) is 0.792. The van der Waals surface area contributed by atoms with Gasteiger partial charge in [0.15, 0.2) is 0 Å². The summed E-state index contributed by atoms with van der Waals surface area (Å²) >= 11 is 0. The van der Waals surface area contributed by atoms with E-state index in [1.54, 1.807) is 0 Å². The zero-order chi connectivity index (χ0) is 10.7. The molecule has 0 amide bonds. The molecule has 1 heterocycles. The number of hydrogen-bond donors (Lipinski definition) is 1. The average Bonchev–Trinajstić information content (AvgIpc) is 2.25. The van der Waals surface area contributed by atoms with Gasteiger partial charge in [-0.25, -0.2) is 0 Å². The zero-order valence-corrected chi connectivity index (χ0v) is 8.97. The Kier molecular flexibility index (Phi) is 3.39. The highest BCUT2D eigenvalue weighted by atomic mass is 16.3. The Morgan fingerprint density at radius 2 is 2.07 bits per heavy atom. The number of aliphatic hydroxyl groups excluding tert-OH is 1. The predicted octanol–water partition coefficient (Wildman–Crippen LogP) is 1.70. The number of piperidine rings is 1. The van der Waals surface area contributed by atoms with E-state index in [2.05, 4.69) is 36.1 Å². The van der Waals surface area contributed by atoms with Crippen molar-refractivity contribution in [3.05, 3.63) is 42.8 Å². The SMILES string of the molecule is [CH2]C1CN(Cc2ccccc2)CCC1O. The van der Waals surface area contributed by atoms with Crippen molar-refractivity contribution in [2.75, 3.05) is 13.1 Å². The van der Waals surface area contributed by atoms with Crippen LogP contribution >= 0.6 is 0 Å². The third-order valence-corrected chi connectivity index (χ3v) is 3.03. The molecule has 0 aliphatic carbocycles. The first-order chi connectivity index (χ1) is 7.25. The van der Waals surface area contributed by atoms with E-state index >= 15 is 0 Å². The second-order valence-corrected chi connectivity index (χ2v) is 4.34. The number of aliphatic hydroxyl groups is 1. The van der Waals surface area contributed by atoms with Crippen molar-refractivity contribution in [2.45, 2.75) is 19.1 Å². The zero-order valence-electron chi connectivity index (χ0n) is 8.97. The maximum absolute atomic E-state index is 9.57. The van der Waals surface area contributed by atoms with Gasteiger partial charge in [-0.3, -0.25) is 4.90 Å². The molecule has 1 N–H and O–H groups in total. The van der Waals surface area contributed by atoms with Crippen LogP contribution in [-0.4, -0.2) is 29.2 Å². The van der Waals surface area contributed by atoms with Crippen molar-refractivity contribution in [3.8, 4) is 0 Å². The molecule has 2 unspecified atom stereocenters. The normalized spacial score (nSPS) is 27.9. The lowest BCUT2D eigenvalue weighted by Crippen LogP contribution is -2.41. The minimum absolute atomic E-state index is 0.155. The summed E-state index contributed by atoms with van der Waals surface area (Å²) in [6.07, 6.45) is 0.637. The lowest BCUT2D eigenvalue weighted by Gasteiger charge is -2.34. The van der Waals surface area contributed by atoms with Gasteiger partial charge < -0.3 is 5.11 Å². The summed E-state index contributed by atoms with van der Waals surface area (Å²) in [6.45, 7) is 6.82. The maximum Gasteiger partial charge on any atom is 0.0592 e. The molecule has 1 aliphatic heterocycles. The molecule has 15 heavy (non-hydrogen) atoms. The van der Waals surface area contributed by atoms with Crippen LogP contribution < -0.4 is 0 Å². The van der Waals surface area contributed by atoms with Crippen LogP contribution in [0.1, 0.15) is 12.0 Å².